The van der Waals surface area contributed by atoms with E-state index in [-0.39, 0.29) is 17.1 Å². The molecule has 1 amide bonds. The number of carbonyl (C=O) groups is 1. The van der Waals surface area contributed by atoms with Crippen LogP contribution in [0, 0.1) is 0 Å². The summed E-state index contributed by atoms with van der Waals surface area (Å²) in [7, 11) is -3.94. The van der Waals surface area contributed by atoms with Crippen LogP contribution in [0.2, 0.25) is 0 Å². The minimum absolute atomic E-state index is 0.0428. The molecule has 0 unspecified atom stereocenters. The van der Waals surface area contributed by atoms with Gasteiger partial charge < -0.3 is 16.3 Å². The van der Waals surface area contributed by atoms with Crippen molar-refractivity contribution in [1.82, 2.24) is 9.97 Å². The predicted octanol–water partition coefficient (Wildman–Crippen LogP) is 1.64. The maximum absolute atomic E-state index is 12.6. The third kappa shape index (κ3) is 4.54. The van der Waals surface area contributed by atoms with Crippen molar-refractivity contribution < 1.29 is 31.6 Å². The van der Waals surface area contributed by atoms with Crippen molar-refractivity contribution in [1.29, 1.82) is 0 Å². The number of amides is 1. The van der Waals surface area contributed by atoms with E-state index in [1.165, 1.54) is 6.92 Å². The van der Waals surface area contributed by atoms with Gasteiger partial charge in [-0.05, 0) is 18.2 Å². The van der Waals surface area contributed by atoms with Crippen LogP contribution in [0.15, 0.2) is 40.6 Å². The molecule has 2 rings (SSSR count). The molecule has 4 N–H and O–H groups in total. The molecule has 0 saturated carbocycles. The topological polar surface area (TPSA) is 148 Å². The molecule has 0 aliphatic carbocycles. The van der Waals surface area contributed by atoms with E-state index in [4.69, 9.17) is 10.9 Å². The Kier molecular flexibility index (Phi) is 5.87. The SMILES string of the molecule is CCS(=O)(=O)c1cc(C(N)=NO)cnc1C(=O)Nc1ccc(C(F)(F)F)cn1. The number of pyridine rings is 2. The van der Waals surface area contributed by atoms with Gasteiger partial charge in [-0.15, -0.1) is 0 Å². The third-order valence-electron chi connectivity index (χ3n) is 3.52. The molecule has 0 aliphatic rings. The molecule has 0 spiro atoms. The summed E-state index contributed by atoms with van der Waals surface area (Å²) < 4.78 is 62.3. The molecular weight excluding hydrogens is 403 g/mol. The van der Waals surface area contributed by atoms with Gasteiger partial charge in [0.05, 0.1) is 16.2 Å². The number of sulfone groups is 1. The van der Waals surface area contributed by atoms with Crippen LogP contribution in [0.3, 0.4) is 0 Å². The van der Waals surface area contributed by atoms with Crippen LogP contribution in [-0.2, 0) is 16.0 Å². The normalized spacial score (nSPS) is 12.6. The number of nitrogens with one attached hydrogen (secondary N) is 1. The van der Waals surface area contributed by atoms with Gasteiger partial charge in [-0.25, -0.2) is 18.4 Å². The third-order valence-corrected chi connectivity index (χ3v) is 5.26. The fraction of sp³-hybridized carbons (Fsp3) is 0.200. The first kappa shape index (κ1) is 21.1. The van der Waals surface area contributed by atoms with Crippen molar-refractivity contribution in [2.45, 2.75) is 18.0 Å². The van der Waals surface area contributed by atoms with Gasteiger partial charge in [-0.2, -0.15) is 13.2 Å². The molecule has 9 nitrogen and oxygen atoms in total. The van der Waals surface area contributed by atoms with E-state index < -0.39 is 43.9 Å². The van der Waals surface area contributed by atoms with Crippen molar-refractivity contribution in [3.8, 4) is 0 Å². The van der Waals surface area contributed by atoms with Crippen LogP contribution in [0.4, 0.5) is 19.0 Å². The second kappa shape index (κ2) is 7.80. The Balaban J connectivity index is 2.42. The number of halogens is 3. The lowest BCUT2D eigenvalue weighted by Crippen LogP contribution is -2.22. The minimum atomic E-state index is -4.59. The summed E-state index contributed by atoms with van der Waals surface area (Å²) >= 11 is 0. The first-order chi connectivity index (χ1) is 13.0. The number of hydrogen-bond donors (Lipinski definition) is 3. The number of oxime groups is 1. The van der Waals surface area contributed by atoms with Crippen molar-refractivity contribution in [2.75, 3.05) is 11.1 Å². The number of nitrogens with two attached hydrogens (primary N) is 1. The van der Waals surface area contributed by atoms with Gasteiger partial charge >= 0.3 is 6.18 Å². The number of nitrogens with zero attached hydrogens (tertiary/aromatic N) is 3. The van der Waals surface area contributed by atoms with Gasteiger partial charge in [0.25, 0.3) is 5.91 Å². The van der Waals surface area contributed by atoms with Gasteiger partial charge in [0, 0.05) is 18.0 Å². The summed E-state index contributed by atoms with van der Waals surface area (Å²) in [5.74, 6) is -2.03. The minimum Gasteiger partial charge on any atom is -0.409 e. The largest absolute Gasteiger partial charge is 0.417 e. The summed E-state index contributed by atoms with van der Waals surface area (Å²) in [6, 6.07) is 2.64. The van der Waals surface area contributed by atoms with Gasteiger partial charge in [0.1, 0.15) is 11.5 Å². The summed E-state index contributed by atoms with van der Waals surface area (Å²) in [4.78, 5) is 19.2. The first-order valence-electron chi connectivity index (χ1n) is 7.55. The maximum atomic E-state index is 12.6. The molecule has 2 aromatic heterocycles. The zero-order valence-corrected chi connectivity index (χ0v) is 15.0. The average molecular weight is 417 g/mol. The summed E-state index contributed by atoms with van der Waals surface area (Å²) in [5, 5.41) is 13.6. The summed E-state index contributed by atoms with van der Waals surface area (Å²) in [5.41, 5.74) is 3.84. The monoisotopic (exact) mass is 417 g/mol. The second-order valence-corrected chi connectivity index (χ2v) is 7.59. The second-order valence-electron chi connectivity index (χ2n) is 5.34. The zero-order valence-electron chi connectivity index (χ0n) is 14.2. The van der Waals surface area contributed by atoms with Crippen LogP contribution in [0.25, 0.3) is 0 Å². The molecular formula is C15H14F3N5O4S. The molecule has 0 radical (unpaired) electrons. The van der Waals surface area contributed by atoms with Gasteiger partial charge in [-0.3, -0.25) is 4.79 Å². The molecule has 28 heavy (non-hydrogen) atoms. The lowest BCUT2D eigenvalue weighted by Gasteiger charge is -2.11. The van der Waals surface area contributed by atoms with Crippen molar-refractivity contribution >= 4 is 27.4 Å². The number of aromatic nitrogens is 2. The van der Waals surface area contributed by atoms with Crippen LogP contribution in [0.1, 0.15) is 28.5 Å². The highest BCUT2D eigenvalue weighted by molar-refractivity contribution is 7.91. The zero-order chi connectivity index (χ0) is 21.1. The van der Waals surface area contributed by atoms with E-state index in [2.05, 4.69) is 20.4 Å². The maximum Gasteiger partial charge on any atom is 0.417 e. The Morgan fingerprint density at radius 2 is 1.96 bits per heavy atom. The van der Waals surface area contributed by atoms with E-state index >= 15 is 0 Å². The smallest absolute Gasteiger partial charge is 0.409 e. The summed E-state index contributed by atoms with van der Waals surface area (Å²) in [6.45, 7) is 1.34. The molecule has 0 fully saturated rings. The van der Waals surface area contributed by atoms with Crippen molar-refractivity contribution in [3.05, 3.63) is 47.4 Å². The van der Waals surface area contributed by atoms with Gasteiger partial charge in [0.15, 0.2) is 15.7 Å². The van der Waals surface area contributed by atoms with Gasteiger partial charge in [0.2, 0.25) is 0 Å². The van der Waals surface area contributed by atoms with E-state index in [1.807, 2.05) is 0 Å². The lowest BCUT2D eigenvalue weighted by molar-refractivity contribution is -0.137. The van der Waals surface area contributed by atoms with E-state index in [1.54, 1.807) is 0 Å². The number of carbonyl (C=O) groups excluding carboxylic acids is 1. The molecule has 2 heterocycles. The van der Waals surface area contributed by atoms with E-state index in [9.17, 15) is 26.4 Å². The molecule has 0 atom stereocenters. The number of hydrogen-bond acceptors (Lipinski definition) is 7. The summed E-state index contributed by atoms with van der Waals surface area (Å²) in [6.07, 6.45) is -3.06. The standard InChI is InChI=1S/C15H14F3N5O4S/c1-2-28(26,27)10-5-8(13(19)23-25)6-21-12(10)14(24)22-11-4-3-9(7-20-11)15(16,17)18/h3-7,25H,2H2,1H3,(H2,19,23)(H,20,22,24). The lowest BCUT2D eigenvalue weighted by atomic mass is 10.2. The molecule has 0 saturated heterocycles. The highest BCUT2D eigenvalue weighted by Gasteiger charge is 2.31. The van der Waals surface area contributed by atoms with Crippen molar-refractivity contribution in [2.24, 2.45) is 10.9 Å². The fourth-order valence-electron chi connectivity index (χ4n) is 2.02. The van der Waals surface area contributed by atoms with Crippen molar-refractivity contribution in [3.63, 3.8) is 0 Å². The fourth-order valence-corrected chi connectivity index (χ4v) is 3.07. The average Bonchev–Trinajstić information content (AvgIpc) is 2.66. The first-order valence-corrected chi connectivity index (χ1v) is 9.20. The van der Waals surface area contributed by atoms with Crippen LogP contribution >= 0.6 is 0 Å². The molecule has 13 heteroatoms. The molecule has 0 aromatic carbocycles. The molecule has 150 valence electrons. The Hall–Kier alpha value is -3.22. The van der Waals surface area contributed by atoms with Crippen LogP contribution < -0.4 is 11.1 Å². The Morgan fingerprint density at radius 3 is 2.46 bits per heavy atom. The van der Waals surface area contributed by atoms with E-state index in [0.717, 1.165) is 18.3 Å². The van der Waals surface area contributed by atoms with Crippen LogP contribution in [-0.4, -0.2) is 41.1 Å². The number of rotatable bonds is 5. The molecule has 0 bridgehead atoms. The predicted molar refractivity (Wildman–Crippen MR) is 91.7 cm³/mol. The van der Waals surface area contributed by atoms with Gasteiger partial charge in [-0.1, -0.05) is 12.1 Å². The quantitative estimate of drug-likeness (QED) is 0.290. The highest BCUT2D eigenvalue weighted by Crippen LogP contribution is 2.29. The number of anilines is 1. The number of amidine groups is 1. The molecule has 2 aromatic rings. The Morgan fingerprint density at radius 1 is 1.29 bits per heavy atom. The number of alkyl halides is 3. The van der Waals surface area contributed by atoms with E-state index in [0.29, 0.717) is 12.3 Å². The molecule has 0 aliphatic heterocycles. The highest BCUT2D eigenvalue weighted by atomic mass is 32.2. The Bertz CT molecular complexity index is 1020. The Labute approximate surface area is 157 Å². The van der Waals surface area contributed by atoms with Crippen LogP contribution in [0.5, 0.6) is 0 Å².